The second-order valence-corrected chi connectivity index (χ2v) is 7.42. The standard InChI is InChI=1S/C19H24N2O2S/c1-14(22)11-17(15-5-3-2-4-6-15)12-20-19(23)21-9-7-18-16(13-21)8-10-24-18/h2-6,8,10,14,17,22H,7,9,11-13H2,1H3,(H,20,23). The van der Waals surface area contributed by atoms with Crippen molar-refractivity contribution in [3.8, 4) is 0 Å². The minimum Gasteiger partial charge on any atom is -0.393 e. The Morgan fingerprint density at radius 1 is 1.33 bits per heavy atom. The van der Waals surface area contributed by atoms with Gasteiger partial charge in [-0.3, -0.25) is 0 Å². The predicted molar refractivity (Wildman–Crippen MR) is 97.3 cm³/mol. The summed E-state index contributed by atoms with van der Waals surface area (Å²) < 4.78 is 0. The molecule has 1 aliphatic heterocycles. The maximum absolute atomic E-state index is 12.5. The summed E-state index contributed by atoms with van der Waals surface area (Å²) in [7, 11) is 0. The first-order valence-electron chi connectivity index (χ1n) is 8.44. The van der Waals surface area contributed by atoms with Crippen molar-refractivity contribution in [3.63, 3.8) is 0 Å². The maximum atomic E-state index is 12.5. The summed E-state index contributed by atoms with van der Waals surface area (Å²) in [5.41, 5.74) is 2.42. The van der Waals surface area contributed by atoms with E-state index in [-0.39, 0.29) is 11.9 Å². The van der Waals surface area contributed by atoms with Gasteiger partial charge in [0.25, 0.3) is 0 Å². The molecular weight excluding hydrogens is 320 g/mol. The molecule has 128 valence electrons. The van der Waals surface area contributed by atoms with Gasteiger partial charge >= 0.3 is 6.03 Å². The molecule has 0 saturated carbocycles. The van der Waals surface area contributed by atoms with Gasteiger partial charge in [0.1, 0.15) is 0 Å². The van der Waals surface area contributed by atoms with Crippen LogP contribution in [0.3, 0.4) is 0 Å². The number of fused-ring (bicyclic) bond motifs is 1. The number of aliphatic hydroxyl groups excluding tert-OH is 1. The first-order chi connectivity index (χ1) is 11.6. The highest BCUT2D eigenvalue weighted by atomic mass is 32.1. The predicted octanol–water partition coefficient (Wildman–Crippen LogP) is 3.37. The summed E-state index contributed by atoms with van der Waals surface area (Å²) in [5, 5.41) is 14.9. The highest BCUT2D eigenvalue weighted by Gasteiger charge is 2.22. The lowest BCUT2D eigenvalue weighted by molar-refractivity contribution is 0.169. The second kappa shape index (κ2) is 7.81. The second-order valence-electron chi connectivity index (χ2n) is 6.42. The Kier molecular flexibility index (Phi) is 5.53. The van der Waals surface area contributed by atoms with Crippen molar-refractivity contribution in [1.82, 2.24) is 10.2 Å². The molecule has 24 heavy (non-hydrogen) atoms. The largest absolute Gasteiger partial charge is 0.393 e. The van der Waals surface area contributed by atoms with Crippen LogP contribution in [-0.2, 0) is 13.0 Å². The van der Waals surface area contributed by atoms with Gasteiger partial charge in [0.2, 0.25) is 0 Å². The van der Waals surface area contributed by atoms with E-state index in [0.717, 1.165) is 18.5 Å². The topological polar surface area (TPSA) is 52.6 Å². The van der Waals surface area contributed by atoms with E-state index in [4.69, 9.17) is 0 Å². The molecule has 2 atom stereocenters. The number of thiophene rings is 1. The molecule has 3 rings (SSSR count). The van der Waals surface area contributed by atoms with Crippen molar-refractivity contribution in [2.45, 2.75) is 38.3 Å². The third-order valence-corrected chi connectivity index (χ3v) is 5.51. The van der Waals surface area contributed by atoms with Gasteiger partial charge < -0.3 is 15.3 Å². The third kappa shape index (κ3) is 4.16. The van der Waals surface area contributed by atoms with E-state index in [9.17, 15) is 9.90 Å². The summed E-state index contributed by atoms with van der Waals surface area (Å²) in [4.78, 5) is 15.8. The van der Waals surface area contributed by atoms with Crippen LogP contribution in [-0.4, -0.2) is 35.2 Å². The van der Waals surface area contributed by atoms with Gasteiger partial charge in [-0.05, 0) is 42.3 Å². The molecule has 0 radical (unpaired) electrons. The molecule has 0 bridgehead atoms. The van der Waals surface area contributed by atoms with Crippen molar-refractivity contribution in [1.29, 1.82) is 0 Å². The van der Waals surface area contributed by atoms with Gasteiger partial charge in [-0.15, -0.1) is 11.3 Å². The van der Waals surface area contributed by atoms with E-state index in [1.165, 1.54) is 10.4 Å². The molecule has 2 N–H and O–H groups in total. The smallest absolute Gasteiger partial charge is 0.317 e. The fourth-order valence-corrected chi connectivity index (χ4v) is 4.11. The van der Waals surface area contributed by atoms with Gasteiger partial charge in [-0.1, -0.05) is 30.3 Å². The number of aliphatic hydroxyl groups is 1. The fourth-order valence-electron chi connectivity index (χ4n) is 3.22. The molecule has 2 heterocycles. The minimum absolute atomic E-state index is 0.0154. The molecular formula is C19H24N2O2S. The van der Waals surface area contributed by atoms with E-state index < -0.39 is 6.10 Å². The van der Waals surface area contributed by atoms with E-state index in [1.807, 2.05) is 23.1 Å². The lowest BCUT2D eigenvalue weighted by Crippen LogP contribution is -2.43. The first-order valence-corrected chi connectivity index (χ1v) is 9.32. The summed E-state index contributed by atoms with van der Waals surface area (Å²) >= 11 is 1.78. The Morgan fingerprint density at radius 3 is 2.88 bits per heavy atom. The zero-order chi connectivity index (χ0) is 16.9. The van der Waals surface area contributed by atoms with Crippen molar-refractivity contribution in [2.75, 3.05) is 13.1 Å². The molecule has 0 saturated heterocycles. The molecule has 1 aliphatic rings. The number of benzene rings is 1. The lowest BCUT2D eigenvalue weighted by atomic mass is 9.93. The average molecular weight is 344 g/mol. The molecule has 0 spiro atoms. The zero-order valence-corrected chi connectivity index (χ0v) is 14.8. The molecule has 1 aromatic heterocycles. The Hall–Kier alpha value is -1.85. The first kappa shape index (κ1) is 17.0. The van der Waals surface area contributed by atoms with E-state index in [2.05, 4.69) is 28.9 Å². The highest BCUT2D eigenvalue weighted by Crippen LogP contribution is 2.24. The Morgan fingerprint density at radius 2 is 2.12 bits per heavy atom. The van der Waals surface area contributed by atoms with Crippen LogP contribution in [0.1, 0.15) is 35.3 Å². The molecule has 2 aromatic rings. The Balaban J connectivity index is 1.59. The Bertz CT molecular complexity index is 669. The highest BCUT2D eigenvalue weighted by molar-refractivity contribution is 7.10. The van der Waals surface area contributed by atoms with Gasteiger partial charge in [-0.25, -0.2) is 4.79 Å². The van der Waals surface area contributed by atoms with Crippen molar-refractivity contribution >= 4 is 17.4 Å². The van der Waals surface area contributed by atoms with Gasteiger partial charge in [0.15, 0.2) is 0 Å². The number of hydrogen-bond acceptors (Lipinski definition) is 3. The van der Waals surface area contributed by atoms with Crippen molar-refractivity contribution in [3.05, 3.63) is 57.8 Å². The van der Waals surface area contributed by atoms with Gasteiger partial charge in [-0.2, -0.15) is 0 Å². The van der Waals surface area contributed by atoms with Crippen LogP contribution in [0.5, 0.6) is 0 Å². The van der Waals surface area contributed by atoms with Crippen molar-refractivity contribution in [2.24, 2.45) is 0 Å². The zero-order valence-electron chi connectivity index (χ0n) is 13.9. The molecule has 5 heteroatoms. The number of urea groups is 1. The minimum atomic E-state index is -0.393. The SMILES string of the molecule is CC(O)CC(CNC(=O)N1CCc2sccc2C1)c1ccccc1. The van der Waals surface area contributed by atoms with E-state index >= 15 is 0 Å². The molecule has 0 aliphatic carbocycles. The summed E-state index contributed by atoms with van der Waals surface area (Å²) in [6.07, 6.45) is 1.19. The molecule has 1 aromatic carbocycles. The number of carbonyl (C=O) groups is 1. The van der Waals surface area contributed by atoms with Crippen LogP contribution >= 0.6 is 11.3 Å². The summed E-state index contributed by atoms with van der Waals surface area (Å²) in [6.45, 7) is 3.80. The molecule has 2 amide bonds. The number of hydrogen-bond donors (Lipinski definition) is 2. The van der Waals surface area contributed by atoms with Crippen LogP contribution in [0.15, 0.2) is 41.8 Å². The quantitative estimate of drug-likeness (QED) is 0.874. The molecule has 2 unspecified atom stereocenters. The Labute approximate surface area is 147 Å². The fraction of sp³-hybridized carbons (Fsp3) is 0.421. The average Bonchev–Trinajstić information content (AvgIpc) is 3.06. The van der Waals surface area contributed by atoms with Gasteiger partial charge in [0.05, 0.1) is 6.10 Å². The number of rotatable bonds is 5. The number of nitrogens with zero attached hydrogens (tertiary/aromatic N) is 1. The number of nitrogens with one attached hydrogen (secondary N) is 1. The maximum Gasteiger partial charge on any atom is 0.317 e. The number of carbonyl (C=O) groups excluding carboxylic acids is 1. The van der Waals surface area contributed by atoms with Crippen LogP contribution in [0.4, 0.5) is 4.79 Å². The summed E-state index contributed by atoms with van der Waals surface area (Å²) in [6, 6.07) is 12.2. The van der Waals surface area contributed by atoms with Gasteiger partial charge in [0, 0.05) is 30.4 Å². The lowest BCUT2D eigenvalue weighted by Gasteiger charge is -2.28. The van der Waals surface area contributed by atoms with E-state index in [0.29, 0.717) is 19.5 Å². The normalized spacial score (nSPS) is 16.3. The third-order valence-electron chi connectivity index (χ3n) is 4.49. The monoisotopic (exact) mass is 344 g/mol. The molecule has 0 fully saturated rings. The van der Waals surface area contributed by atoms with Crippen LogP contribution in [0.2, 0.25) is 0 Å². The summed E-state index contributed by atoms with van der Waals surface area (Å²) in [5.74, 6) is 0.122. The molecule has 4 nitrogen and oxygen atoms in total. The van der Waals surface area contributed by atoms with Crippen LogP contribution < -0.4 is 5.32 Å². The van der Waals surface area contributed by atoms with Crippen LogP contribution in [0, 0.1) is 0 Å². The van der Waals surface area contributed by atoms with Crippen LogP contribution in [0.25, 0.3) is 0 Å². The van der Waals surface area contributed by atoms with Crippen molar-refractivity contribution < 1.29 is 9.90 Å². The van der Waals surface area contributed by atoms with E-state index in [1.54, 1.807) is 18.3 Å². The number of amides is 2.